The molecule has 0 aliphatic carbocycles. The molecule has 0 radical (unpaired) electrons. The molecule has 0 fully saturated rings. The van der Waals surface area contributed by atoms with Crippen LogP contribution in [-0.2, 0) is 12.8 Å². The van der Waals surface area contributed by atoms with Gasteiger partial charge in [0.25, 0.3) is 0 Å². The molecule has 0 aliphatic rings. The Labute approximate surface area is 145 Å². The number of nitrogens with zero attached hydrogens (tertiary/aromatic N) is 2. The van der Waals surface area contributed by atoms with Gasteiger partial charge in [0, 0.05) is 43.0 Å². The molecule has 0 saturated heterocycles. The Balaban J connectivity index is 1.59. The van der Waals surface area contributed by atoms with Gasteiger partial charge in [-0.1, -0.05) is 18.2 Å². The Morgan fingerprint density at radius 3 is 2.60 bits per heavy atom. The summed E-state index contributed by atoms with van der Waals surface area (Å²) in [4.78, 5) is 11.9. The lowest BCUT2D eigenvalue weighted by Crippen LogP contribution is -1.96. The van der Waals surface area contributed by atoms with Crippen molar-refractivity contribution >= 4 is 11.0 Å². The van der Waals surface area contributed by atoms with E-state index in [0.29, 0.717) is 12.0 Å². The predicted molar refractivity (Wildman–Crippen MR) is 97.1 cm³/mol. The number of hydrogen-bond acceptors (Lipinski definition) is 2. The minimum atomic E-state index is -0.159. The molecule has 0 atom stereocenters. The van der Waals surface area contributed by atoms with E-state index in [2.05, 4.69) is 27.1 Å². The van der Waals surface area contributed by atoms with Crippen LogP contribution in [0.25, 0.3) is 11.0 Å². The number of hydrogen-bond donors (Lipinski definition) is 1. The summed E-state index contributed by atoms with van der Waals surface area (Å²) in [5.41, 5.74) is 5.82. The van der Waals surface area contributed by atoms with Crippen LogP contribution in [0.2, 0.25) is 0 Å². The lowest BCUT2D eigenvalue weighted by Gasteiger charge is -2.07. The normalized spacial score (nSPS) is 11.1. The molecule has 1 aromatic carbocycles. The van der Waals surface area contributed by atoms with Crippen LogP contribution in [0.4, 0.5) is 4.39 Å². The Hall–Kier alpha value is -3.01. The van der Waals surface area contributed by atoms with Crippen molar-refractivity contribution in [1.82, 2.24) is 15.0 Å². The molecule has 3 heterocycles. The van der Waals surface area contributed by atoms with Crippen LogP contribution in [0, 0.1) is 12.7 Å². The van der Waals surface area contributed by atoms with Crippen LogP contribution in [0.1, 0.15) is 27.8 Å². The smallest absolute Gasteiger partial charge is 0.137 e. The van der Waals surface area contributed by atoms with Crippen molar-refractivity contribution < 1.29 is 4.39 Å². The summed E-state index contributed by atoms with van der Waals surface area (Å²) in [7, 11) is 0. The second-order valence-corrected chi connectivity index (χ2v) is 6.36. The molecule has 0 saturated carbocycles. The van der Waals surface area contributed by atoms with E-state index in [1.165, 1.54) is 5.56 Å². The molecule has 4 rings (SSSR count). The number of halogens is 1. The number of aryl methyl sites for hydroxylation is 1. The standard InChI is InChI=1S/C21H18FN3/c1-14-4-5-17(20(22)7-14)9-15-8-16(12-23-11-15)10-18-13-25-21-19(18)3-2-6-24-21/h2-8,11-13H,9-10H2,1H3,(H,24,25). The molecule has 25 heavy (non-hydrogen) atoms. The van der Waals surface area contributed by atoms with Gasteiger partial charge in [0.1, 0.15) is 11.5 Å². The van der Waals surface area contributed by atoms with Gasteiger partial charge in [-0.2, -0.15) is 0 Å². The van der Waals surface area contributed by atoms with Gasteiger partial charge >= 0.3 is 0 Å². The van der Waals surface area contributed by atoms with Gasteiger partial charge in [-0.15, -0.1) is 0 Å². The highest BCUT2D eigenvalue weighted by molar-refractivity contribution is 5.79. The maximum atomic E-state index is 14.1. The summed E-state index contributed by atoms with van der Waals surface area (Å²) in [6, 6.07) is 11.5. The van der Waals surface area contributed by atoms with Gasteiger partial charge in [-0.3, -0.25) is 4.98 Å². The zero-order valence-corrected chi connectivity index (χ0v) is 14.0. The minimum absolute atomic E-state index is 0.159. The maximum absolute atomic E-state index is 14.1. The van der Waals surface area contributed by atoms with Crippen molar-refractivity contribution in [3.05, 3.63) is 94.8 Å². The zero-order chi connectivity index (χ0) is 17.2. The Morgan fingerprint density at radius 2 is 1.80 bits per heavy atom. The third-order valence-electron chi connectivity index (χ3n) is 4.39. The van der Waals surface area contributed by atoms with Gasteiger partial charge in [-0.05, 0) is 52.9 Å². The summed E-state index contributed by atoms with van der Waals surface area (Å²) in [6.45, 7) is 1.89. The SMILES string of the molecule is Cc1ccc(Cc2cncc(Cc3c[nH]c4ncccc34)c2)c(F)c1. The molecule has 0 bridgehead atoms. The Kier molecular flexibility index (Phi) is 4.02. The lowest BCUT2D eigenvalue weighted by atomic mass is 10.0. The predicted octanol–water partition coefficient (Wildman–Crippen LogP) is 4.59. The molecule has 0 unspecified atom stereocenters. The van der Waals surface area contributed by atoms with E-state index in [4.69, 9.17) is 0 Å². The van der Waals surface area contributed by atoms with Crippen LogP contribution < -0.4 is 0 Å². The Morgan fingerprint density at radius 1 is 1.00 bits per heavy atom. The average Bonchev–Trinajstić information content (AvgIpc) is 3.01. The van der Waals surface area contributed by atoms with E-state index >= 15 is 0 Å². The van der Waals surface area contributed by atoms with Crippen LogP contribution in [0.3, 0.4) is 0 Å². The zero-order valence-electron chi connectivity index (χ0n) is 14.0. The van der Waals surface area contributed by atoms with Gasteiger partial charge in [0.15, 0.2) is 0 Å². The molecule has 1 N–H and O–H groups in total. The van der Waals surface area contributed by atoms with Crippen molar-refractivity contribution in [2.24, 2.45) is 0 Å². The van der Waals surface area contributed by atoms with Gasteiger partial charge in [0.2, 0.25) is 0 Å². The fraction of sp³-hybridized carbons (Fsp3) is 0.143. The van der Waals surface area contributed by atoms with Crippen molar-refractivity contribution in [3.8, 4) is 0 Å². The second-order valence-electron chi connectivity index (χ2n) is 6.36. The number of benzene rings is 1. The number of aromatic amines is 1. The van der Waals surface area contributed by atoms with Crippen molar-refractivity contribution in [1.29, 1.82) is 0 Å². The van der Waals surface area contributed by atoms with E-state index in [1.54, 1.807) is 18.5 Å². The van der Waals surface area contributed by atoms with E-state index in [-0.39, 0.29) is 5.82 Å². The first kappa shape index (κ1) is 15.5. The molecule has 0 aliphatic heterocycles. The Bertz CT molecular complexity index is 1040. The highest BCUT2D eigenvalue weighted by Crippen LogP contribution is 2.20. The van der Waals surface area contributed by atoms with E-state index in [0.717, 1.165) is 34.1 Å². The third kappa shape index (κ3) is 3.29. The van der Waals surface area contributed by atoms with E-state index in [1.807, 2.05) is 37.5 Å². The summed E-state index contributed by atoms with van der Waals surface area (Å²) in [5.74, 6) is -0.159. The number of pyridine rings is 2. The molecular weight excluding hydrogens is 313 g/mol. The van der Waals surface area contributed by atoms with Gasteiger partial charge < -0.3 is 4.98 Å². The first-order chi connectivity index (χ1) is 12.2. The van der Waals surface area contributed by atoms with Crippen molar-refractivity contribution in [2.45, 2.75) is 19.8 Å². The monoisotopic (exact) mass is 331 g/mol. The highest BCUT2D eigenvalue weighted by atomic mass is 19.1. The largest absolute Gasteiger partial charge is 0.346 e. The van der Waals surface area contributed by atoms with Crippen LogP contribution in [0.15, 0.2) is 61.2 Å². The second kappa shape index (κ2) is 6.48. The third-order valence-corrected chi connectivity index (χ3v) is 4.39. The molecule has 3 nitrogen and oxygen atoms in total. The molecule has 4 aromatic rings. The van der Waals surface area contributed by atoms with Gasteiger partial charge in [0.05, 0.1) is 0 Å². The van der Waals surface area contributed by atoms with Crippen LogP contribution in [0.5, 0.6) is 0 Å². The summed E-state index contributed by atoms with van der Waals surface area (Å²) >= 11 is 0. The van der Waals surface area contributed by atoms with Crippen molar-refractivity contribution in [3.63, 3.8) is 0 Å². The van der Waals surface area contributed by atoms with Crippen LogP contribution >= 0.6 is 0 Å². The first-order valence-corrected chi connectivity index (χ1v) is 8.28. The average molecular weight is 331 g/mol. The number of nitrogens with one attached hydrogen (secondary N) is 1. The fourth-order valence-corrected chi connectivity index (χ4v) is 3.13. The maximum Gasteiger partial charge on any atom is 0.137 e. The summed E-state index contributed by atoms with van der Waals surface area (Å²) < 4.78 is 14.1. The van der Waals surface area contributed by atoms with Crippen molar-refractivity contribution in [2.75, 3.05) is 0 Å². The summed E-state index contributed by atoms with van der Waals surface area (Å²) in [6.07, 6.45) is 8.75. The molecular formula is C21H18FN3. The number of fused-ring (bicyclic) bond motifs is 1. The molecule has 0 spiro atoms. The molecule has 124 valence electrons. The lowest BCUT2D eigenvalue weighted by molar-refractivity contribution is 0.612. The first-order valence-electron chi connectivity index (χ1n) is 8.28. The highest BCUT2D eigenvalue weighted by Gasteiger charge is 2.08. The topological polar surface area (TPSA) is 41.6 Å². The number of H-pyrrole nitrogens is 1. The number of aromatic nitrogens is 3. The summed E-state index contributed by atoms with van der Waals surface area (Å²) in [5, 5.41) is 1.12. The van der Waals surface area contributed by atoms with Crippen LogP contribution in [-0.4, -0.2) is 15.0 Å². The van der Waals surface area contributed by atoms with E-state index < -0.39 is 0 Å². The molecule has 3 aromatic heterocycles. The molecule has 0 amide bonds. The minimum Gasteiger partial charge on any atom is -0.346 e. The van der Waals surface area contributed by atoms with Gasteiger partial charge in [-0.25, -0.2) is 9.37 Å². The van der Waals surface area contributed by atoms with E-state index in [9.17, 15) is 4.39 Å². The fourth-order valence-electron chi connectivity index (χ4n) is 3.13. The number of rotatable bonds is 4. The molecule has 4 heteroatoms. The quantitative estimate of drug-likeness (QED) is 0.594.